The third-order valence-electron chi connectivity index (χ3n) is 3.45. The van der Waals surface area contributed by atoms with Gasteiger partial charge in [-0.25, -0.2) is 8.42 Å². The minimum absolute atomic E-state index is 0.0983. The van der Waals surface area contributed by atoms with Gasteiger partial charge in [-0.15, -0.1) is 11.3 Å². The summed E-state index contributed by atoms with van der Waals surface area (Å²) in [4.78, 5) is 24.3. The highest BCUT2D eigenvalue weighted by molar-refractivity contribution is 7.91. The first-order valence-corrected chi connectivity index (χ1v) is 10.6. The van der Waals surface area contributed by atoms with Gasteiger partial charge in [0.05, 0.1) is 4.90 Å². The SMILES string of the molecule is CC(C)NC(=O)C(=O)NC[C@@H](c1cccs1)S(=O)(=O)c1ccc(Cl)cc1. The Bertz CT molecular complexity index is 863. The molecule has 0 aliphatic heterocycles. The summed E-state index contributed by atoms with van der Waals surface area (Å²) in [5.74, 6) is -1.67. The molecule has 1 aromatic carbocycles. The zero-order chi connectivity index (χ0) is 19.3. The second-order valence-electron chi connectivity index (χ2n) is 5.84. The standard InChI is InChI=1S/C17H19ClN2O4S2/c1-11(2)20-17(22)16(21)19-10-15(14-4-3-9-25-14)26(23,24)13-7-5-12(18)6-8-13/h3-9,11,15H,10H2,1-2H3,(H,19,21)(H,20,22)/t15-/m0/s1. The third kappa shape index (κ3) is 5.06. The maximum absolute atomic E-state index is 13.0. The second-order valence-corrected chi connectivity index (χ2v) is 9.39. The summed E-state index contributed by atoms with van der Waals surface area (Å²) >= 11 is 7.10. The lowest BCUT2D eigenvalue weighted by molar-refractivity contribution is -0.139. The number of carbonyl (C=O) groups is 2. The highest BCUT2D eigenvalue weighted by atomic mass is 35.5. The molecule has 0 aliphatic carbocycles. The van der Waals surface area contributed by atoms with Gasteiger partial charge in [0.2, 0.25) is 0 Å². The Balaban J connectivity index is 2.24. The molecule has 0 fully saturated rings. The molecule has 140 valence electrons. The number of amides is 2. The first-order valence-electron chi connectivity index (χ1n) is 7.83. The third-order valence-corrected chi connectivity index (χ3v) is 6.94. The van der Waals surface area contributed by atoms with E-state index < -0.39 is 26.9 Å². The normalized spacial score (nSPS) is 12.6. The van der Waals surface area contributed by atoms with Crippen LogP contribution >= 0.6 is 22.9 Å². The second kappa shape index (κ2) is 8.66. The summed E-state index contributed by atoms with van der Waals surface area (Å²) in [5.41, 5.74) is 0. The number of thiophene rings is 1. The summed E-state index contributed by atoms with van der Waals surface area (Å²) in [5, 5.41) is 6.06. The Kier molecular flexibility index (Phi) is 6.80. The lowest BCUT2D eigenvalue weighted by atomic mass is 10.3. The number of rotatable bonds is 6. The van der Waals surface area contributed by atoms with Crippen LogP contribution in [0.3, 0.4) is 0 Å². The first kappa shape index (κ1) is 20.4. The maximum atomic E-state index is 13.0. The van der Waals surface area contributed by atoms with Gasteiger partial charge in [0.1, 0.15) is 5.25 Å². The molecule has 2 N–H and O–H groups in total. The molecule has 2 aromatic rings. The van der Waals surface area contributed by atoms with Crippen LogP contribution in [-0.2, 0) is 19.4 Å². The molecule has 0 radical (unpaired) electrons. The van der Waals surface area contributed by atoms with E-state index in [1.165, 1.54) is 35.6 Å². The molecule has 0 bridgehead atoms. The molecule has 26 heavy (non-hydrogen) atoms. The van der Waals surface area contributed by atoms with Crippen LogP contribution in [0.25, 0.3) is 0 Å². The molecule has 0 spiro atoms. The fourth-order valence-corrected chi connectivity index (χ4v) is 5.13. The van der Waals surface area contributed by atoms with E-state index in [0.717, 1.165) is 0 Å². The van der Waals surface area contributed by atoms with E-state index in [9.17, 15) is 18.0 Å². The highest BCUT2D eigenvalue weighted by Crippen LogP contribution is 2.31. The van der Waals surface area contributed by atoms with Gasteiger partial charge in [-0.1, -0.05) is 17.7 Å². The Morgan fingerprint density at radius 2 is 1.77 bits per heavy atom. The molecular weight excluding hydrogens is 396 g/mol. The van der Waals surface area contributed by atoms with Crippen molar-refractivity contribution in [3.63, 3.8) is 0 Å². The minimum Gasteiger partial charge on any atom is -0.346 e. The fraction of sp³-hybridized carbons (Fsp3) is 0.294. The molecule has 0 saturated carbocycles. The van der Waals surface area contributed by atoms with Crippen molar-refractivity contribution in [2.75, 3.05) is 6.54 Å². The Morgan fingerprint density at radius 1 is 1.12 bits per heavy atom. The van der Waals surface area contributed by atoms with E-state index in [0.29, 0.717) is 9.90 Å². The van der Waals surface area contributed by atoms with Gasteiger partial charge in [0.15, 0.2) is 9.84 Å². The molecule has 1 heterocycles. The number of hydrogen-bond donors (Lipinski definition) is 2. The summed E-state index contributed by atoms with van der Waals surface area (Å²) in [7, 11) is -3.78. The number of hydrogen-bond acceptors (Lipinski definition) is 5. The van der Waals surface area contributed by atoms with Crippen LogP contribution in [0.4, 0.5) is 0 Å². The Labute approximate surface area is 161 Å². The molecule has 9 heteroatoms. The van der Waals surface area contributed by atoms with Gasteiger partial charge < -0.3 is 10.6 Å². The number of halogens is 1. The van der Waals surface area contributed by atoms with E-state index in [2.05, 4.69) is 10.6 Å². The predicted octanol–water partition coefficient (Wildman–Crippen LogP) is 2.56. The number of nitrogens with one attached hydrogen (secondary N) is 2. The van der Waals surface area contributed by atoms with Crippen LogP contribution in [-0.4, -0.2) is 32.8 Å². The zero-order valence-electron chi connectivity index (χ0n) is 14.2. The van der Waals surface area contributed by atoms with Crippen LogP contribution < -0.4 is 10.6 Å². The van der Waals surface area contributed by atoms with Gasteiger partial charge in [-0.2, -0.15) is 0 Å². The average molecular weight is 415 g/mol. The quantitative estimate of drug-likeness (QED) is 0.710. The monoisotopic (exact) mass is 414 g/mol. The molecule has 2 rings (SSSR count). The van der Waals surface area contributed by atoms with Gasteiger partial charge in [-0.3, -0.25) is 9.59 Å². The van der Waals surface area contributed by atoms with E-state index in [4.69, 9.17) is 11.6 Å². The van der Waals surface area contributed by atoms with E-state index in [1.54, 1.807) is 31.4 Å². The summed E-state index contributed by atoms with van der Waals surface area (Å²) < 4.78 is 26.0. The molecule has 6 nitrogen and oxygen atoms in total. The van der Waals surface area contributed by atoms with Crippen molar-refractivity contribution < 1.29 is 18.0 Å². The topological polar surface area (TPSA) is 92.3 Å². The molecular formula is C17H19ClN2O4S2. The first-order chi connectivity index (χ1) is 12.2. The largest absolute Gasteiger partial charge is 0.346 e. The van der Waals surface area contributed by atoms with Crippen molar-refractivity contribution in [2.45, 2.75) is 30.0 Å². The van der Waals surface area contributed by atoms with E-state index in [1.807, 2.05) is 0 Å². The van der Waals surface area contributed by atoms with Crippen molar-refractivity contribution in [2.24, 2.45) is 0 Å². The molecule has 1 atom stereocenters. The van der Waals surface area contributed by atoms with Crippen LogP contribution in [0, 0.1) is 0 Å². The molecule has 0 aliphatic rings. The lowest BCUT2D eigenvalue weighted by Crippen LogP contribution is -2.44. The molecule has 0 saturated heterocycles. The van der Waals surface area contributed by atoms with Crippen molar-refractivity contribution in [1.29, 1.82) is 0 Å². The zero-order valence-corrected chi connectivity index (χ0v) is 16.6. The predicted molar refractivity (Wildman–Crippen MR) is 102 cm³/mol. The van der Waals surface area contributed by atoms with Crippen molar-refractivity contribution in [1.82, 2.24) is 10.6 Å². The van der Waals surface area contributed by atoms with Crippen molar-refractivity contribution in [3.8, 4) is 0 Å². The number of carbonyl (C=O) groups excluding carboxylic acids is 2. The van der Waals surface area contributed by atoms with Crippen molar-refractivity contribution in [3.05, 3.63) is 51.7 Å². The smallest absolute Gasteiger partial charge is 0.309 e. The van der Waals surface area contributed by atoms with Gasteiger partial charge in [0, 0.05) is 22.5 Å². The van der Waals surface area contributed by atoms with Crippen LogP contribution in [0.15, 0.2) is 46.7 Å². The Hall–Kier alpha value is -1.90. The van der Waals surface area contributed by atoms with Crippen LogP contribution in [0.5, 0.6) is 0 Å². The van der Waals surface area contributed by atoms with Crippen LogP contribution in [0.2, 0.25) is 5.02 Å². The summed E-state index contributed by atoms with van der Waals surface area (Å²) in [6.45, 7) is 3.24. The Morgan fingerprint density at radius 3 is 2.31 bits per heavy atom. The summed E-state index contributed by atoms with van der Waals surface area (Å²) in [6, 6.07) is 9.06. The molecule has 0 unspecified atom stereocenters. The molecule has 2 amide bonds. The van der Waals surface area contributed by atoms with Crippen LogP contribution in [0.1, 0.15) is 24.0 Å². The van der Waals surface area contributed by atoms with Gasteiger partial charge in [-0.05, 0) is 49.6 Å². The molecule has 1 aromatic heterocycles. The average Bonchev–Trinajstić information content (AvgIpc) is 3.08. The lowest BCUT2D eigenvalue weighted by Gasteiger charge is -2.17. The minimum atomic E-state index is -3.78. The van der Waals surface area contributed by atoms with Crippen molar-refractivity contribution >= 4 is 44.6 Å². The number of benzene rings is 1. The number of sulfone groups is 1. The van der Waals surface area contributed by atoms with E-state index in [-0.39, 0.29) is 17.5 Å². The maximum Gasteiger partial charge on any atom is 0.309 e. The summed E-state index contributed by atoms with van der Waals surface area (Å²) in [6.07, 6.45) is 0. The fourth-order valence-electron chi connectivity index (χ4n) is 2.22. The van der Waals surface area contributed by atoms with E-state index >= 15 is 0 Å². The van der Waals surface area contributed by atoms with Gasteiger partial charge in [0.25, 0.3) is 0 Å². The van der Waals surface area contributed by atoms with Gasteiger partial charge >= 0.3 is 11.8 Å². The highest BCUT2D eigenvalue weighted by Gasteiger charge is 2.31.